The first-order chi connectivity index (χ1) is 6.68. The minimum absolute atomic E-state index is 0.431. The van der Waals surface area contributed by atoms with E-state index < -0.39 is 0 Å². The summed E-state index contributed by atoms with van der Waals surface area (Å²) in [4.78, 5) is 4.39. The molecule has 0 aliphatic carbocycles. The third-order valence-electron chi connectivity index (χ3n) is 2.09. The number of aromatic nitrogens is 3. The largest absolute Gasteiger partial charge is 0.253 e. The van der Waals surface area contributed by atoms with E-state index in [0.29, 0.717) is 5.92 Å². The maximum atomic E-state index is 4.39. The molecule has 0 atom stereocenters. The van der Waals surface area contributed by atoms with Crippen molar-refractivity contribution >= 4 is 33.6 Å². The van der Waals surface area contributed by atoms with Crippen molar-refractivity contribution in [2.24, 2.45) is 0 Å². The third kappa shape index (κ3) is 1.70. The van der Waals surface area contributed by atoms with E-state index in [2.05, 4.69) is 51.6 Å². The number of hydrogen-bond acceptors (Lipinski definition) is 3. The van der Waals surface area contributed by atoms with Crippen LogP contribution in [0.1, 0.15) is 25.3 Å². The summed E-state index contributed by atoms with van der Waals surface area (Å²) < 4.78 is 1.09. The molecule has 14 heavy (non-hydrogen) atoms. The highest BCUT2D eigenvalue weighted by atomic mass is 127. The standard InChI is InChI=1S/C10H10IN3/c1-6(2)8-5-13-14-9-3-7(11)4-12-10(8)9/h3-6H,1-2H3. The Morgan fingerprint density at radius 1 is 1.29 bits per heavy atom. The lowest BCUT2D eigenvalue weighted by Crippen LogP contribution is -1.96. The molecule has 0 N–H and O–H groups in total. The molecule has 0 radical (unpaired) electrons. The summed E-state index contributed by atoms with van der Waals surface area (Å²) in [6, 6.07) is 2.00. The minimum atomic E-state index is 0.431. The van der Waals surface area contributed by atoms with Gasteiger partial charge in [-0.25, -0.2) is 0 Å². The van der Waals surface area contributed by atoms with Crippen LogP contribution in [0.15, 0.2) is 18.5 Å². The van der Waals surface area contributed by atoms with Crippen molar-refractivity contribution in [2.75, 3.05) is 0 Å². The van der Waals surface area contributed by atoms with Crippen molar-refractivity contribution in [3.63, 3.8) is 0 Å². The highest BCUT2D eigenvalue weighted by molar-refractivity contribution is 14.1. The fraction of sp³-hybridized carbons (Fsp3) is 0.300. The number of pyridine rings is 1. The van der Waals surface area contributed by atoms with Crippen molar-refractivity contribution < 1.29 is 0 Å². The summed E-state index contributed by atoms with van der Waals surface area (Å²) in [5.74, 6) is 0.431. The van der Waals surface area contributed by atoms with E-state index in [9.17, 15) is 0 Å². The minimum Gasteiger partial charge on any atom is -0.253 e. The Bertz CT molecular complexity index is 468. The lowest BCUT2D eigenvalue weighted by molar-refractivity contribution is 0.853. The van der Waals surface area contributed by atoms with Crippen LogP contribution in [-0.2, 0) is 0 Å². The van der Waals surface area contributed by atoms with E-state index in [-0.39, 0.29) is 0 Å². The van der Waals surface area contributed by atoms with Crippen molar-refractivity contribution in [3.8, 4) is 0 Å². The quantitative estimate of drug-likeness (QED) is 0.760. The Labute approximate surface area is 96.1 Å². The van der Waals surface area contributed by atoms with Crippen molar-refractivity contribution in [2.45, 2.75) is 19.8 Å². The molecule has 0 aromatic carbocycles. The predicted octanol–water partition coefficient (Wildman–Crippen LogP) is 2.75. The highest BCUT2D eigenvalue weighted by Crippen LogP contribution is 2.21. The van der Waals surface area contributed by atoms with Gasteiger partial charge in [-0.15, -0.1) is 5.10 Å². The smallest absolute Gasteiger partial charge is 0.113 e. The molecule has 0 aliphatic rings. The molecule has 0 fully saturated rings. The van der Waals surface area contributed by atoms with E-state index in [0.717, 1.165) is 20.2 Å². The summed E-state index contributed by atoms with van der Waals surface area (Å²) in [7, 11) is 0. The molecule has 0 aliphatic heterocycles. The Morgan fingerprint density at radius 3 is 2.79 bits per heavy atom. The first-order valence-electron chi connectivity index (χ1n) is 4.45. The maximum Gasteiger partial charge on any atom is 0.113 e. The zero-order valence-corrected chi connectivity index (χ0v) is 10.2. The molecule has 72 valence electrons. The van der Waals surface area contributed by atoms with Crippen LogP contribution in [0.25, 0.3) is 11.0 Å². The van der Waals surface area contributed by atoms with Gasteiger partial charge in [0.2, 0.25) is 0 Å². The number of nitrogens with zero attached hydrogens (tertiary/aromatic N) is 3. The Morgan fingerprint density at radius 2 is 2.07 bits per heavy atom. The van der Waals surface area contributed by atoms with Gasteiger partial charge in [0.1, 0.15) is 5.52 Å². The molecule has 2 aromatic rings. The van der Waals surface area contributed by atoms with Crippen LogP contribution in [0.4, 0.5) is 0 Å². The van der Waals surface area contributed by atoms with Crippen LogP contribution in [-0.4, -0.2) is 15.2 Å². The average Bonchev–Trinajstić information content (AvgIpc) is 2.16. The van der Waals surface area contributed by atoms with E-state index in [4.69, 9.17) is 0 Å². The van der Waals surface area contributed by atoms with Gasteiger partial charge in [0.15, 0.2) is 0 Å². The van der Waals surface area contributed by atoms with Gasteiger partial charge in [0.05, 0.1) is 11.7 Å². The predicted molar refractivity (Wildman–Crippen MR) is 64.1 cm³/mol. The molecule has 4 heteroatoms. The van der Waals surface area contributed by atoms with Crippen LogP contribution in [0.5, 0.6) is 0 Å². The maximum absolute atomic E-state index is 4.39. The van der Waals surface area contributed by atoms with Gasteiger partial charge < -0.3 is 0 Å². The highest BCUT2D eigenvalue weighted by Gasteiger charge is 2.07. The molecular formula is C10H10IN3. The molecule has 0 spiro atoms. The summed E-state index contributed by atoms with van der Waals surface area (Å²) >= 11 is 2.23. The number of rotatable bonds is 1. The number of fused-ring (bicyclic) bond motifs is 1. The number of hydrogen-bond donors (Lipinski definition) is 0. The van der Waals surface area contributed by atoms with Gasteiger partial charge in [-0.05, 0) is 34.6 Å². The second kappa shape index (κ2) is 3.76. The summed E-state index contributed by atoms with van der Waals surface area (Å²) in [6.07, 6.45) is 3.66. The fourth-order valence-electron chi connectivity index (χ4n) is 1.36. The summed E-state index contributed by atoms with van der Waals surface area (Å²) in [5, 5.41) is 8.05. The molecule has 0 bridgehead atoms. The summed E-state index contributed by atoms with van der Waals surface area (Å²) in [5.41, 5.74) is 3.00. The first-order valence-corrected chi connectivity index (χ1v) is 5.53. The Kier molecular flexibility index (Phi) is 2.62. The first kappa shape index (κ1) is 9.76. The Hall–Kier alpha value is -0.780. The monoisotopic (exact) mass is 299 g/mol. The van der Waals surface area contributed by atoms with Crippen molar-refractivity contribution in [3.05, 3.63) is 27.6 Å². The second-order valence-electron chi connectivity index (χ2n) is 3.48. The average molecular weight is 299 g/mol. The molecule has 0 saturated carbocycles. The molecule has 2 heterocycles. The zero-order chi connectivity index (χ0) is 10.1. The van der Waals surface area contributed by atoms with E-state index in [1.807, 2.05) is 12.3 Å². The second-order valence-corrected chi connectivity index (χ2v) is 4.72. The van der Waals surface area contributed by atoms with Crippen LogP contribution in [0.3, 0.4) is 0 Å². The van der Waals surface area contributed by atoms with Gasteiger partial charge >= 0.3 is 0 Å². The topological polar surface area (TPSA) is 38.7 Å². The molecule has 0 unspecified atom stereocenters. The molecule has 2 aromatic heterocycles. The molecule has 2 rings (SSSR count). The van der Waals surface area contributed by atoms with E-state index in [1.165, 1.54) is 0 Å². The zero-order valence-electron chi connectivity index (χ0n) is 8.03. The van der Waals surface area contributed by atoms with Crippen LogP contribution in [0.2, 0.25) is 0 Å². The van der Waals surface area contributed by atoms with Gasteiger partial charge in [0, 0.05) is 15.3 Å². The fourth-order valence-corrected chi connectivity index (χ4v) is 1.80. The van der Waals surface area contributed by atoms with Crippen LogP contribution in [0, 0.1) is 3.57 Å². The van der Waals surface area contributed by atoms with Crippen molar-refractivity contribution in [1.82, 2.24) is 15.2 Å². The van der Waals surface area contributed by atoms with E-state index >= 15 is 0 Å². The van der Waals surface area contributed by atoms with Crippen LogP contribution >= 0.6 is 22.6 Å². The lowest BCUT2D eigenvalue weighted by Gasteiger charge is -2.06. The molecule has 3 nitrogen and oxygen atoms in total. The SMILES string of the molecule is CC(C)c1cnnc2cc(I)cnc12. The lowest BCUT2D eigenvalue weighted by atomic mass is 10.0. The molecule has 0 amide bonds. The van der Waals surface area contributed by atoms with Crippen molar-refractivity contribution in [1.29, 1.82) is 0 Å². The normalized spacial score (nSPS) is 11.1. The Balaban J connectivity index is 2.75. The summed E-state index contributed by atoms with van der Waals surface area (Å²) in [6.45, 7) is 4.27. The van der Waals surface area contributed by atoms with Gasteiger partial charge in [-0.2, -0.15) is 5.10 Å². The van der Waals surface area contributed by atoms with Gasteiger partial charge in [-0.1, -0.05) is 13.8 Å². The van der Waals surface area contributed by atoms with Gasteiger partial charge in [0.25, 0.3) is 0 Å². The number of halogens is 1. The van der Waals surface area contributed by atoms with Crippen LogP contribution < -0.4 is 0 Å². The third-order valence-corrected chi connectivity index (χ3v) is 2.68. The van der Waals surface area contributed by atoms with E-state index in [1.54, 1.807) is 6.20 Å². The van der Waals surface area contributed by atoms with Gasteiger partial charge in [-0.3, -0.25) is 4.98 Å². The molecular weight excluding hydrogens is 289 g/mol. The molecule has 0 saturated heterocycles.